The van der Waals surface area contributed by atoms with Gasteiger partial charge in [0.1, 0.15) is 30.5 Å². The summed E-state index contributed by atoms with van der Waals surface area (Å²) in [5, 5.41) is 78.3. The molecule has 48 heavy (non-hydrogen) atoms. The smallest absolute Gasteiger partial charge is 0.250 e. The fourth-order valence-electron chi connectivity index (χ4n) is 6.27. The second-order valence-electron chi connectivity index (χ2n) is 14.0. The van der Waals surface area contributed by atoms with Crippen LogP contribution < -0.4 is 33.6 Å². The van der Waals surface area contributed by atoms with Crippen LogP contribution in [-0.4, -0.2) is 166 Å². The van der Waals surface area contributed by atoms with Gasteiger partial charge in [0, 0.05) is 44.2 Å². The maximum Gasteiger partial charge on any atom is 0.250 e. The molecule has 7 unspecified atom stereocenters. The van der Waals surface area contributed by atoms with Crippen LogP contribution in [-0.2, 0) is 23.7 Å². The minimum absolute atomic E-state index is 0.0157. The molecule has 18 nitrogen and oxygen atoms in total. The maximum atomic E-state index is 13.0. The van der Waals surface area contributed by atoms with Crippen LogP contribution in [0.3, 0.4) is 0 Å². The van der Waals surface area contributed by atoms with Gasteiger partial charge < -0.3 is 88.3 Å². The molecule has 1 saturated carbocycles. The number of aliphatic hydroxyl groups excluding tert-OH is 6. The van der Waals surface area contributed by atoms with Gasteiger partial charge in [0.25, 0.3) is 5.91 Å². The predicted molar refractivity (Wildman–Crippen MR) is 170 cm³/mol. The molecule has 16 atom stereocenters. The average molecular weight is 697 g/mol. The van der Waals surface area contributed by atoms with Crippen molar-refractivity contribution in [3.05, 3.63) is 0 Å². The van der Waals surface area contributed by atoms with E-state index in [9.17, 15) is 40.5 Å². The van der Waals surface area contributed by atoms with Crippen molar-refractivity contribution < 1.29 is 59.5 Å². The molecule has 0 aromatic rings. The monoisotopic (exact) mass is 696 g/mol. The molecule has 17 N–H and O–H groups in total. The molecule has 3 fully saturated rings. The van der Waals surface area contributed by atoms with Crippen molar-refractivity contribution in [3.8, 4) is 0 Å². The average Bonchev–Trinajstić information content (AvgIpc) is 3.05. The topological polar surface area (TPSA) is 324 Å². The van der Waals surface area contributed by atoms with Crippen molar-refractivity contribution in [1.82, 2.24) is 10.6 Å². The summed E-state index contributed by atoms with van der Waals surface area (Å²) in [7, 11) is 0. The minimum atomic E-state index is -1.86. The molecule has 0 bridgehead atoms. The van der Waals surface area contributed by atoms with Gasteiger partial charge >= 0.3 is 0 Å². The van der Waals surface area contributed by atoms with Crippen LogP contribution in [0, 0.1) is 17.8 Å². The molecule has 2 heterocycles. The van der Waals surface area contributed by atoms with Gasteiger partial charge in [0.15, 0.2) is 12.6 Å². The van der Waals surface area contributed by atoms with Crippen molar-refractivity contribution in [2.24, 2.45) is 40.7 Å². The Balaban J connectivity index is 1.74. The SMILES string of the molecule is CC(CNC[C@@H]1CCC(N)[C@@H](OC2C(O)C(O[C@H]3OCC(C)(O)[C@H](C)C3O)[C@H](NC(=O)[C@@H](O)[C@@H](N)[C@@H](O)CN)C[C@@H]2N)O1)C(CO)CO. The quantitative estimate of drug-likeness (QED) is 0.0714. The number of carbonyl (C=O) groups excluding carboxylic acids is 1. The Morgan fingerprint density at radius 3 is 2.31 bits per heavy atom. The Morgan fingerprint density at radius 2 is 1.69 bits per heavy atom. The van der Waals surface area contributed by atoms with Crippen molar-refractivity contribution in [1.29, 1.82) is 0 Å². The zero-order valence-corrected chi connectivity index (χ0v) is 28.1. The second-order valence-corrected chi connectivity index (χ2v) is 14.0. The first-order valence-electron chi connectivity index (χ1n) is 16.8. The minimum Gasteiger partial charge on any atom is -0.396 e. The Bertz CT molecular complexity index is 985. The molecule has 3 aliphatic rings. The van der Waals surface area contributed by atoms with Gasteiger partial charge in [-0.2, -0.15) is 0 Å². The summed E-state index contributed by atoms with van der Waals surface area (Å²) in [6.07, 6.45) is -9.93. The zero-order chi connectivity index (χ0) is 35.9. The van der Waals surface area contributed by atoms with Crippen molar-refractivity contribution in [2.45, 2.75) is 125 Å². The number of ether oxygens (including phenoxy) is 4. The summed E-state index contributed by atoms with van der Waals surface area (Å²) < 4.78 is 24.1. The molecule has 2 saturated heterocycles. The molecular formula is C30H60N6O12. The van der Waals surface area contributed by atoms with E-state index in [-0.39, 0.29) is 50.7 Å². The van der Waals surface area contributed by atoms with Crippen molar-refractivity contribution in [3.63, 3.8) is 0 Å². The fourth-order valence-corrected chi connectivity index (χ4v) is 6.27. The Hall–Kier alpha value is -1.17. The van der Waals surface area contributed by atoms with E-state index in [4.69, 9.17) is 41.9 Å². The van der Waals surface area contributed by atoms with Gasteiger partial charge in [-0.15, -0.1) is 0 Å². The van der Waals surface area contributed by atoms with E-state index in [2.05, 4.69) is 10.6 Å². The summed E-state index contributed by atoms with van der Waals surface area (Å²) in [5.41, 5.74) is 22.7. The molecule has 0 radical (unpaired) electrons. The third kappa shape index (κ3) is 10.2. The number of nitrogens with one attached hydrogen (secondary N) is 2. The molecule has 18 heteroatoms. The molecule has 0 spiro atoms. The van der Waals surface area contributed by atoms with Gasteiger partial charge in [-0.3, -0.25) is 4.79 Å². The number of nitrogens with two attached hydrogens (primary N) is 4. The first-order chi connectivity index (χ1) is 22.6. The second kappa shape index (κ2) is 18.4. The number of rotatable bonds is 16. The van der Waals surface area contributed by atoms with Crippen molar-refractivity contribution >= 4 is 5.91 Å². The lowest BCUT2D eigenvalue weighted by molar-refractivity contribution is -0.314. The molecule has 0 aromatic heterocycles. The molecule has 0 aromatic carbocycles. The molecule has 3 rings (SSSR count). The summed E-state index contributed by atoms with van der Waals surface area (Å²) in [4.78, 5) is 13.0. The zero-order valence-electron chi connectivity index (χ0n) is 28.1. The van der Waals surface area contributed by atoms with E-state index in [1.807, 2.05) is 6.92 Å². The van der Waals surface area contributed by atoms with Gasteiger partial charge in [-0.1, -0.05) is 13.8 Å². The fraction of sp³-hybridized carbons (Fsp3) is 0.967. The number of hydrogen-bond donors (Lipinski definition) is 13. The van der Waals surface area contributed by atoms with Gasteiger partial charge in [0.2, 0.25) is 0 Å². The summed E-state index contributed by atoms with van der Waals surface area (Å²) in [6.45, 7) is 5.31. The van der Waals surface area contributed by atoms with E-state index >= 15 is 0 Å². The van der Waals surface area contributed by atoms with Crippen LogP contribution in [0.5, 0.6) is 0 Å². The van der Waals surface area contributed by atoms with E-state index in [1.54, 1.807) is 6.92 Å². The van der Waals surface area contributed by atoms with E-state index in [0.717, 1.165) is 0 Å². The number of hydrogen-bond acceptors (Lipinski definition) is 17. The molecule has 1 amide bonds. The van der Waals surface area contributed by atoms with Gasteiger partial charge in [0.05, 0.1) is 42.5 Å². The van der Waals surface area contributed by atoms with E-state index < -0.39 is 90.8 Å². The summed E-state index contributed by atoms with van der Waals surface area (Å²) in [5.74, 6) is -1.89. The Kier molecular flexibility index (Phi) is 15.8. The van der Waals surface area contributed by atoms with Crippen LogP contribution in [0.2, 0.25) is 0 Å². The summed E-state index contributed by atoms with van der Waals surface area (Å²) in [6, 6.07) is -3.90. The third-order valence-corrected chi connectivity index (χ3v) is 10.2. The van der Waals surface area contributed by atoms with Gasteiger partial charge in [-0.05, 0) is 38.6 Å². The third-order valence-electron chi connectivity index (χ3n) is 10.2. The number of amides is 1. The maximum absolute atomic E-state index is 13.0. The highest BCUT2D eigenvalue weighted by Gasteiger charge is 2.51. The van der Waals surface area contributed by atoms with Crippen LogP contribution in [0.25, 0.3) is 0 Å². The van der Waals surface area contributed by atoms with Crippen LogP contribution >= 0.6 is 0 Å². The van der Waals surface area contributed by atoms with Crippen LogP contribution in [0.4, 0.5) is 0 Å². The number of carbonyl (C=O) groups is 1. The lowest BCUT2D eigenvalue weighted by Crippen LogP contribution is -2.68. The lowest BCUT2D eigenvalue weighted by atomic mass is 9.82. The molecule has 1 aliphatic carbocycles. The first-order valence-corrected chi connectivity index (χ1v) is 16.8. The summed E-state index contributed by atoms with van der Waals surface area (Å²) >= 11 is 0. The van der Waals surface area contributed by atoms with Crippen LogP contribution in [0.1, 0.15) is 40.0 Å². The molecular weight excluding hydrogens is 636 g/mol. The standard InChI is InChI=1S/C30H60N6O12/c1-13(15(10-37)11-38)8-35-9-16-4-5-17(32)28(46-16)47-25-18(33)6-19(36-27(43)23(41)21(34)20(39)7-31)26(24(25)42)48-29-22(40)14(2)30(3,44)12-45-29/h13-26,28-29,35,37-42,44H,4-12,31-34H2,1-3H3,(H,36,43)/t13?,14-,16+,17?,18+,19-,20+,21+,22?,23+,24?,25?,26?,28-,29-,30?/m1/s1. The van der Waals surface area contributed by atoms with Gasteiger partial charge in [-0.25, -0.2) is 0 Å². The Labute approximate surface area is 281 Å². The van der Waals surface area contributed by atoms with E-state index in [1.165, 1.54) is 6.92 Å². The highest BCUT2D eigenvalue weighted by molar-refractivity contribution is 5.81. The normalized spacial score (nSPS) is 40.3. The Morgan fingerprint density at radius 1 is 1.04 bits per heavy atom. The highest BCUT2D eigenvalue weighted by Crippen LogP contribution is 2.34. The van der Waals surface area contributed by atoms with Crippen molar-refractivity contribution in [2.75, 3.05) is 39.5 Å². The highest BCUT2D eigenvalue weighted by atomic mass is 16.7. The van der Waals surface area contributed by atoms with E-state index in [0.29, 0.717) is 25.9 Å². The largest absolute Gasteiger partial charge is 0.396 e. The first kappa shape index (κ1) is 41.3. The predicted octanol–water partition coefficient (Wildman–Crippen LogP) is -5.90. The molecule has 2 aliphatic heterocycles. The van der Waals surface area contributed by atoms with Crippen LogP contribution in [0.15, 0.2) is 0 Å². The molecule has 282 valence electrons. The lowest BCUT2D eigenvalue weighted by Gasteiger charge is -2.48. The number of aliphatic hydroxyl groups is 7.